The fraction of sp³-hybridized carbons (Fsp3) is 0.0833. The number of halogens is 5. The van der Waals surface area contributed by atoms with E-state index in [1.165, 1.54) is 18.2 Å². The Morgan fingerprint density at radius 1 is 1.05 bits per heavy atom. The molecular weight excluding hydrogens is 302 g/mol. The van der Waals surface area contributed by atoms with E-state index >= 15 is 0 Å². The van der Waals surface area contributed by atoms with Crippen LogP contribution in [0.5, 0.6) is 0 Å². The summed E-state index contributed by atoms with van der Waals surface area (Å²) in [5, 5.41) is 0.505. The molecule has 100 valence electrons. The van der Waals surface area contributed by atoms with E-state index in [9.17, 15) is 18.0 Å². The third-order valence-corrected chi connectivity index (χ3v) is 2.92. The molecule has 19 heavy (non-hydrogen) atoms. The lowest BCUT2D eigenvalue weighted by atomic mass is 10.1. The predicted molar refractivity (Wildman–Crippen MR) is 67.5 cm³/mol. The summed E-state index contributed by atoms with van der Waals surface area (Å²) < 4.78 is 37.8. The zero-order valence-electron chi connectivity index (χ0n) is 9.18. The molecule has 0 atom stereocenters. The first-order valence-corrected chi connectivity index (χ1v) is 5.80. The van der Waals surface area contributed by atoms with E-state index in [1.54, 1.807) is 0 Å². The number of aromatic amines is 1. The normalized spacial score (nSPS) is 11.6. The number of aromatic nitrogens is 1. The molecule has 2 aromatic rings. The molecule has 1 N–H and O–H groups in total. The molecule has 0 aliphatic carbocycles. The van der Waals surface area contributed by atoms with Gasteiger partial charge in [-0.1, -0.05) is 23.2 Å². The molecule has 7 heteroatoms. The first-order valence-electron chi connectivity index (χ1n) is 5.04. The van der Waals surface area contributed by atoms with Gasteiger partial charge in [0.25, 0.3) is 0 Å². The maximum absolute atomic E-state index is 12.6. The van der Waals surface area contributed by atoms with Gasteiger partial charge in [-0.3, -0.25) is 4.79 Å². The zero-order valence-corrected chi connectivity index (χ0v) is 10.7. The van der Waals surface area contributed by atoms with Gasteiger partial charge >= 0.3 is 6.18 Å². The van der Waals surface area contributed by atoms with Crippen molar-refractivity contribution in [3.8, 4) is 11.3 Å². The van der Waals surface area contributed by atoms with Crippen molar-refractivity contribution in [1.29, 1.82) is 0 Å². The molecule has 0 aliphatic heterocycles. The summed E-state index contributed by atoms with van der Waals surface area (Å²) in [6.45, 7) is 0. The molecule has 1 aromatic carbocycles. The molecule has 0 aliphatic rings. The number of H-pyrrole nitrogens is 1. The number of nitrogens with one attached hydrogen (secondary N) is 1. The molecule has 1 heterocycles. The van der Waals surface area contributed by atoms with Gasteiger partial charge in [-0.05, 0) is 18.2 Å². The van der Waals surface area contributed by atoms with Crippen LogP contribution >= 0.6 is 23.2 Å². The van der Waals surface area contributed by atoms with Gasteiger partial charge in [0.1, 0.15) is 5.69 Å². The summed E-state index contributed by atoms with van der Waals surface area (Å²) in [4.78, 5) is 13.5. The summed E-state index contributed by atoms with van der Waals surface area (Å²) in [5.41, 5.74) is -1.62. The van der Waals surface area contributed by atoms with Gasteiger partial charge in [0.15, 0.2) is 5.43 Å². The summed E-state index contributed by atoms with van der Waals surface area (Å²) in [7, 11) is 0. The number of benzene rings is 1. The molecule has 0 unspecified atom stereocenters. The number of hydrogen-bond acceptors (Lipinski definition) is 1. The van der Waals surface area contributed by atoms with Gasteiger partial charge in [0, 0.05) is 22.7 Å². The van der Waals surface area contributed by atoms with Crippen LogP contribution in [0.4, 0.5) is 13.2 Å². The van der Waals surface area contributed by atoms with E-state index in [2.05, 4.69) is 4.98 Å². The minimum atomic E-state index is -4.63. The lowest BCUT2D eigenvalue weighted by Gasteiger charge is -2.10. The van der Waals surface area contributed by atoms with Gasteiger partial charge in [-0.25, -0.2) is 0 Å². The highest BCUT2D eigenvalue weighted by Gasteiger charge is 2.32. The SMILES string of the molecule is O=c1cc(-c2ccc(Cl)cc2Cl)[nH]c(C(F)(F)F)c1. The molecule has 0 spiro atoms. The molecule has 0 radical (unpaired) electrons. The van der Waals surface area contributed by atoms with Crippen LogP contribution in [0, 0.1) is 0 Å². The first-order chi connectivity index (χ1) is 8.77. The van der Waals surface area contributed by atoms with Crippen LogP contribution in [0.25, 0.3) is 11.3 Å². The topological polar surface area (TPSA) is 32.9 Å². The van der Waals surface area contributed by atoms with E-state index in [1.807, 2.05) is 0 Å². The Bertz CT molecular complexity index is 679. The Kier molecular flexibility index (Phi) is 3.60. The van der Waals surface area contributed by atoms with Crippen LogP contribution in [0.3, 0.4) is 0 Å². The highest BCUT2D eigenvalue weighted by atomic mass is 35.5. The van der Waals surface area contributed by atoms with E-state index < -0.39 is 17.3 Å². The molecule has 0 amide bonds. The lowest BCUT2D eigenvalue weighted by Crippen LogP contribution is -2.13. The predicted octanol–water partition coefficient (Wildman–Crippen LogP) is 4.37. The fourth-order valence-corrected chi connectivity index (χ4v) is 2.06. The molecule has 0 saturated heterocycles. The molecule has 1 aromatic heterocycles. The van der Waals surface area contributed by atoms with Crippen molar-refractivity contribution in [3.63, 3.8) is 0 Å². The van der Waals surface area contributed by atoms with E-state index in [-0.39, 0.29) is 16.3 Å². The lowest BCUT2D eigenvalue weighted by molar-refractivity contribution is -0.141. The van der Waals surface area contributed by atoms with Gasteiger partial charge in [-0.15, -0.1) is 0 Å². The molecule has 0 bridgehead atoms. The van der Waals surface area contributed by atoms with Crippen LogP contribution in [-0.4, -0.2) is 4.98 Å². The van der Waals surface area contributed by atoms with Crippen molar-refractivity contribution < 1.29 is 13.2 Å². The van der Waals surface area contributed by atoms with Crippen LogP contribution in [-0.2, 0) is 6.18 Å². The highest BCUT2D eigenvalue weighted by molar-refractivity contribution is 6.36. The molecule has 0 saturated carbocycles. The van der Waals surface area contributed by atoms with Gasteiger partial charge < -0.3 is 4.98 Å². The summed E-state index contributed by atoms with van der Waals surface area (Å²) in [6.07, 6.45) is -4.63. The van der Waals surface area contributed by atoms with Crippen molar-refractivity contribution in [2.45, 2.75) is 6.18 Å². The number of pyridine rings is 1. The second kappa shape index (κ2) is 4.90. The van der Waals surface area contributed by atoms with Crippen LogP contribution < -0.4 is 5.43 Å². The molecule has 2 nitrogen and oxygen atoms in total. The summed E-state index contributed by atoms with van der Waals surface area (Å²) in [6, 6.07) is 5.84. The maximum Gasteiger partial charge on any atom is 0.431 e. The molecule has 2 rings (SSSR count). The third kappa shape index (κ3) is 3.11. The second-order valence-corrected chi connectivity index (χ2v) is 4.61. The Labute approximate surface area is 115 Å². The Balaban J connectivity index is 2.63. The van der Waals surface area contributed by atoms with Crippen LogP contribution in [0.15, 0.2) is 35.1 Å². The minimum absolute atomic E-state index is 0.0125. The van der Waals surface area contributed by atoms with E-state index in [0.29, 0.717) is 11.1 Å². The number of hydrogen-bond donors (Lipinski definition) is 1. The quantitative estimate of drug-likeness (QED) is 0.834. The van der Waals surface area contributed by atoms with Crippen molar-refractivity contribution >= 4 is 23.2 Å². The van der Waals surface area contributed by atoms with Crippen LogP contribution in [0.2, 0.25) is 10.0 Å². The summed E-state index contributed by atoms with van der Waals surface area (Å²) >= 11 is 11.6. The van der Waals surface area contributed by atoms with Crippen molar-refractivity contribution in [3.05, 3.63) is 56.3 Å². The van der Waals surface area contributed by atoms with Gasteiger partial charge in [0.2, 0.25) is 0 Å². The smallest absolute Gasteiger partial charge is 0.351 e. The summed E-state index contributed by atoms with van der Waals surface area (Å²) in [5.74, 6) is 0. The zero-order chi connectivity index (χ0) is 14.2. The maximum atomic E-state index is 12.6. The largest absolute Gasteiger partial charge is 0.431 e. The van der Waals surface area contributed by atoms with E-state index in [4.69, 9.17) is 23.2 Å². The molecule has 0 fully saturated rings. The average molecular weight is 308 g/mol. The highest BCUT2D eigenvalue weighted by Crippen LogP contribution is 2.31. The number of alkyl halides is 3. The Morgan fingerprint density at radius 2 is 1.74 bits per heavy atom. The Morgan fingerprint density at radius 3 is 2.32 bits per heavy atom. The van der Waals surface area contributed by atoms with Crippen molar-refractivity contribution in [1.82, 2.24) is 4.98 Å². The standard InChI is InChI=1S/C12H6Cl2F3NO/c13-6-1-2-8(9(14)3-6)10-4-7(19)5-11(18-10)12(15,16)17/h1-5H,(H,18,19). The second-order valence-electron chi connectivity index (χ2n) is 3.77. The molecular formula is C12H6Cl2F3NO. The third-order valence-electron chi connectivity index (χ3n) is 2.37. The monoisotopic (exact) mass is 307 g/mol. The number of rotatable bonds is 1. The van der Waals surface area contributed by atoms with Gasteiger partial charge in [0.05, 0.1) is 10.7 Å². The van der Waals surface area contributed by atoms with Crippen LogP contribution in [0.1, 0.15) is 5.69 Å². The fourth-order valence-electron chi connectivity index (χ4n) is 1.55. The Hall–Kier alpha value is -1.46. The minimum Gasteiger partial charge on any atom is -0.351 e. The first kappa shape index (κ1) is 14.0. The average Bonchev–Trinajstić information content (AvgIpc) is 2.26. The van der Waals surface area contributed by atoms with Crippen molar-refractivity contribution in [2.24, 2.45) is 0 Å². The van der Waals surface area contributed by atoms with Gasteiger partial charge in [-0.2, -0.15) is 13.2 Å². The van der Waals surface area contributed by atoms with Crippen molar-refractivity contribution in [2.75, 3.05) is 0 Å². The van der Waals surface area contributed by atoms with E-state index in [0.717, 1.165) is 6.07 Å².